The normalized spacial score (nSPS) is 18.6. The van der Waals surface area contributed by atoms with E-state index in [1.165, 1.54) is 0 Å². The van der Waals surface area contributed by atoms with Crippen molar-refractivity contribution in [2.45, 2.75) is 6.04 Å². The molecule has 1 aliphatic rings. The Balaban J connectivity index is 2.25. The van der Waals surface area contributed by atoms with Gasteiger partial charge < -0.3 is 15.2 Å². The van der Waals surface area contributed by atoms with Gasteiger partial charge in [-0.05, 0) is 23.8 Å². The fraction of sp³-hybridized carbons (Fsp3) is 0.538. The summed E-state index contributed by atoms with van der Waals surface area (Å²) in [5.41, 5.74) is 1.08. The minimum Gasteiger partial charge on any atom is -0.497 e. The average molecular weight is 315 g/mol. The van der Waals surface area contributed by atoms with Crippen molar-refractivity contribution < 1.29 is 9.84 Å². The van der Waals surface area contributed by atoms with Crippen molar-refractivity contribution in [3.05, 3.63) is 28.2 Å². The van der Waals surface area contributed by atoms with E-state index in [9.17, 15) is 5.11 Å². The van der Waals surface area contributed by atoms with Crippen LogP contribution in [0.1, 0.15) is 11.6 Å². The lowest BCUT2D eigenvalue weighted by atomic mass is 10.0. The van der Waals surface area contributed by atoms with E-state index in [4.69, 9.17) is 4.74 Å². The summed E-state index contributed by atoms with van der Waals surface area (Å²) in [6.07, 6.45) is 0. The largest absolute Gasteiger partial charge is 0.497 e. The molecular formula is C13H19BrN2O2. The summed E-state index contributed by atoms with van der Waals surface area (Å²) in [6, 6.07) is 5.91. The Morgan fingerprint density at radius 2 is 2.17 bits per heavy atom. The summed E-state index contributed by atoms with van der Waals surface area (Å²) in [6.45, 7) is 3.96. The summed E-state index contributed by atoms with van der Waals surface area (Å²) < 4.78 is 6.27. The molecule has 1 fully saturated rings. The third-order valence-corrected chi connectivity index (χ3v) is 4.05. The molecule has 1 saturated heterocycles. The van der Waals surface area contributed by atoms with Crippen LogP contribution >= 0.6 is 15.9 Å². The number of benzene rings is 1. The van der Waals surface area contributed by atoms with E-state index in [-0.39, 0.29) is 12.6 Å². The average Bonchev–Trinajstić information content (AvgIpc) is 2.43. The Morgan fingerprint density at radius 3 is 2.78 bits per heavy atom. The molecule has 0 bridgehead atoms. The van der Waals surface area contributed by atoms with Gasteiger partial charge in [-0.25, -0.2) is 0 Å². The van der Waals surface area contributed by atoms with Crippen LogP contribution in [-0.2, 0) is 0 Å². The number of nitrogens with one attached hydrogen (secondary N) is 1. The van der Waals surface area contributed by atoms with Crippen molar-refractivity contribution >= 4 is 15.9 Å². The van der Waals surface area contributed by atoms with E-state index in [1.807, 2.05) is 18.2 Å². The zero-order valence-electron chi connectivity index (χ0n) is 10.5. The van der Waals surface area contributed by atoms with Crippen molar-refractivity contribution in [1.29, 1.82) is 0 Å². The monoisotopic (exact) mass is 314 g/mol. The second-order valence-corrected chi connectivity index (χ2v) is 5.23. The summed E-state index contributed by atoms with van der Waals surface area (Å²) >= 11 is 3.56. The Labute approximate surface area is 116 Å². The molecule has 100 valence electrons. The van der Waals surface area contributed by atoms with Crippen molar-refractivity contribution in [1.82, 2.24) is 10.2 Å². The number of ether oxygens (including phenoxy) is 1. The quantitative estimate of drug-likeness (QED) is 0.881. The Kier molecular flexibility index (Phi) is 5.00. The molecule has 1 aromatic carbocycles. The van der Waals surface area contributed by atoms with Crippen molar-refractivity contribution in [2.75, 3.05) is 39.9 Å². The Bertz CT molecular complexity index is 395. The maximum Gasteiger partial charge on any atom is 0.119 e. The van der Waals surface area contributed by atoms with Gasteiger partial charge in [0.05, 0.1) is 19.8 Å². The van der Waals surface area contributed by atoms with E-state index in [1.54, 1.807) is 7.11 Å². The molecule has 5 heteroatoms. The minimum absolute atomic E-state index is 0.0246. The zero-order chi connectivity index (χ0) is 13.0. The van der Waals surface area contributed by atoms with Crippen molar-refractivity contribution in [2.24, 2.45) is 0 Å². The molecular weight excluding hydrogens is 296 g/mol. The number of aliphatic hydroxyl groups is 1. The van der Waals surface area contributed by atoms with E-state index in [0.717, 1.165) is 42.0 Å². The molecule has 1 atom stereocenters. The molecule has 2 N–H and O–H groups in total. The van der Waals surface area contributed by atoms with Gasteiger partial charge in [0.2, 0.25) is 0 Å². The van der Waals surface area contributed by atoms with E-state index >= 15 is 0 Å². The van der Waals surface area contributed by atoms with Crippen LogP contribution in [0.15, 0.2) is 22.7 Å². The fourth-order valence-electron chi connectivity index (χ4n) is 2.31. The lowest BCUT2D eigenvalue weighted by Gasteiger charge is -2.34. The number of nitrogens with zero attached hydrogens (tertiary/aromatic N) is 1. The lowest BCUT2D eigenvalue weighted by molar-refractivity contribution is 0.110. The van der Waals surface area contributed by atoms with Crippen LogP contribution in [0.3, 0.4) is 0 Å². The number of aliphatic hydroxyl groups excluding tert-OH is 1. The van der Waals surface area contributed by atoms with Crippen LogP contribution in [0.5, 0.6) is 5.75 Å². The molecule has 0 aliphatic carbocycles. The van der Waals surface area contributed by atoms with Gasteiger partial charge >= 0.3 is 0 Å². The second-order valence-electron chi connectivity index (χ2n) is 4.37. The van der Waals surface area contributed by atoms with Gasteiger partial charge in [-0.15, -0.1) is 0 Å². The predicted molar refractivity (Wildman–Crippen MR) is 75.0 cm³/mol. The molecule has 1 unspecified atom stereocenters. The van der Waals surface area contributed by atoms with Crippen LogP contribution in [0, 0.1) is 0 Å². The summed E-state index contributed by atoms with van der Waals surface area (Å²) in [4.78, 5) is 2.30. The van der Waals surface area contributed by atoms with Gasteiger partial charge in [-0.2, -0.15) is 0 Å². The highest BCUT2D eigenvalue weighted by atomic mass is 79.9. The summed E-state index contributed by atoms with van der Waals surface area (Å²) in [5.74, 6) is 0.821. The van der Waals surface area contributed by atoms with Crippen LogP contribution in [0.2, 0.25) is 0 Å². The minimum atomic E-state index is 0.0246. The number of rotatable bonds is 4. The third-order valence-electron chi connectivity index (χ3n) is 3.33. The third kappa shape index (κ3) is 3.03. The standard InChI is InChI=1S/C13H19BrN2O2/c1-18-10-2-3-12(14)11(8-10)13(9-17)16-6-4-15-5-7-16/h2-3,8,13,15,17H,4-7,9H2,1H3. The molecule has 0 aromatic heterocycles. The van der Waals surface area contributed by atoms with E-state index in [2.05, 4.69) is 26.1 Å². The molecule has 1 heterocycles. The summed E-state index contributed by atoms with van der Waals surface area (Å²) in [7, 11) is 1.66. The van der Waals surface area contributed by atoms with Crippen LogP contribution in [0.25, 0.3) is 0 Å². The zero-order valence-corrected chi connectivity index (χ0v) is 12.1. The van der Waals surface area contributed by atoms with Crippen LogP contribution in [0.4, 0.5) is 0 Å². The maximum absolute atomic E-state index is 9.70. The molecule has 0 spiro atoms. The number of hydrogen-bond acceptors (Lipinski definition) is 4. The highest BCUT2D eigenvalue weighted by Crippen LogP contribution is 2.31. The maximum atomic E-state index is 9.70. The molecule has 1 aromatic rings. The highest BCUT2D eigenvalue weighted by molar-refractivity contribution is 9.10. The number of methoxy groups -OCH3 is 1. The fourth-order valence-corrected chi connectivity index (χ4v) is 2.82. The molecule has 0 radical (unpaired) electrons. The topological polar surface area (TPSA) is 44.7 Å². The second kappa shape index (κ2) is 6.52. The first kappa shape index (κ1) is 13.8. The van der Waals surface area contributed by atoms with Crippen LogP contribution in [-0.4, -0.2) is 49.9 Å². The van der Waals surface area contributed by atoms with Gasteiger partial charge in [0.15, 0.2) is 0 Å². The SMILES string of the molecule is COc1ccc(Br)c(C(CO)N2CCNCC2)c1. The van der Waals surface area contributed by atoms with Gasteiger partial charge in [-0.1, -0.05) is 15.9 Å². The molecule has 1 aliphatic heterocycles. The Hall–Kier alpha value is -0.620. The highest BCUT2D eigenvalue weighted by Gasteiger charge is 2.23. The molecule has 18 heavy (non-hydrogen) atoms. The summed E-state index contributed by atoms with van der Waals surface area (Å²) in [5, 5.41) is 13.0. The predicted octanol–water partition coefficient (Wildman–Crippen LogP) is 1.40. The first-order chi connectivity index (χ1) is 8.76. The molecule has 0 amide bonds. The van der Waals surface area contributed by atoms with Gasteiger partial charge in [0, 0.05) is 30.7 Å². The number of piperazine rings is 1. The molecule has 2 rings (SSSR count). The molecule has 0 saturated carbocycles. The first-order valence-corrected chi connectivity index (χ1v) is 6.94. The van der Waals surface area contributed by atoms with Crippen molar-refractivity contribution in [3.8, 4) is 5.75 Å². The Morgan fingerprint density at radius 1 is 1.44 bits per heavy atom. The van der Waals surface area contributed by atoms with Crippen molar-refractivity contribution in [3.63, 3.8) is 0 Å². The van der Waals surface area contributed by atoms with E-state index in [0.29, 0.717) is 0 Å². The van der Waals surface area contributed by atoms with E-state index < -0.39 is 0 Å². The lowest BCUT2D eigenvalue weighted by Crippen LogP contribution is -2.46. The van der Waals surface area contributed by atoms with Gasteiger partial charge in [-0.3, -0.25) is 4.90 Å². The van der Waals surface area contributed by atoms with Crippen LogP contribution < -0.4 is 10.1 Å². The molecule has 4 nitrogen and oxygen atoms in total. The van der Waals surface area contributed by atoms with Gasteiger partial charge in [0.25, 0.3) is 0 Å². The number of hydrogen-bond donors (Lipinski definition) is 2. The first-order valence-electron chi connectivity index (χ1n) is 6.15. The van der Waals surface area contributed by atoms with Gasteiger partial charge in [0.1, 0.15) is 5.75 Å². The smallest absolute Gasteiger partial charge is 0.119 e. The number of halogens is 1.